The van der Waals surface area contributed by atoms with Gasteiger partial charge in [0.05, 0.1) is 23.1 Å². The molecule has 0 N–H and O–H groups in total. The maximum absolute atomic E-state index is 2.55. The molecule has 12 rings (SSSR count). The molecule has 316 valence electrons. The molecule has 0 radical (unpaired) electrons. The zero-order valence-electron chi connectivity index (χ0n) is 36.8. The van der Waals surface area contributed by atoms with Crippen molar-refractivity contribution in [1.82, 2.24) is 4.57 Å². The van der Waals surface area contributed by atoms with Crippen molar-refractivity contribution in [2.75, 3.05) is 9.80 Å². The molecule has 2 heterocycles. The number of para-hydroxylation sites is 3. The van der Waals surface area contributed by atoms with Crippen LogP contribution >= 0.6 is 0 Å². The highest BCUT2D eigenvalue weighted by Gasteiger charge is 2.36. The van der Waals surface area contributed by atoms with Gasteiger partial charge in [-0.05, 0) is 146 Å². The Morgan fingerprint density at radius 2 is 1.38 bits per heavy atom. The lowest BCUT2D eigenvalue weighted by Crippen LogP contribution is -2.29. The number of allylic oxidation sites excluding steroid dienone is 12. The number of hydrogen-bond acceptors (Lipinski definition) is 2. The molecule has 1 aromatic heterocycles. The molecule has 7 aromatic rings. The third-order valence-corrected chi connectivity index (χ3v) is 14.4. The molecule has 6 aromatic carbocycles. The van der Waals surface area contributed by atoms with Gasteiger partial charge in [-0.15, -0.1) is 0 Å². The Kier molecular flexibility index (Phi) is 10.2. The topological polar surface area (TPSA) is 11.4 Å². The minimum Gasteiger partial charge on any atom is -0.334 e. The summed E-state index contributed by atoms with van der Waals surface area (Å²) in [5.41, 5.74) is 18.6. The normalized spacial score (nSPS) is 19.1. The fourth-order valence-electron chi connectivity index (χ4n) is 11.2. The molecule has 3 heteroatoms. The summed E-state index contributed by atoms with van der Waals surface area (Å²) < 4.78 is 2.40. The van der Waals surface area contributed by atoms with Gasteiger partial charge in [0, 0.05) is 50.7 Å². The summed E-state index contributed by atoms with van der Waals surface area (Å²) >= 11 is 0. The molecule has 4 aliphatic carbocycles. The van der Waals surface area contributed by atoms with Crippen molar-refractivity contribution >= 4 is 55.7 Å². The Balaban J connectivity index is 0.837. The maximum atomic E-state index is 2.55. The van der Waals surface area contributed by atoms with E-state index in [-0.39, 0.29) is 6.04 Å². The number of aromatic nitrogens is 1. The van der Waals surface area contributed by atoms with Crippen LogP contribution in [0.1, 0.15) is 67.6 Å². The molecule has 3 unspecified atom stereocenters. The lowest BCUT2D eigenvalue weighted by Gasteiger charge is -2.33. The van der Waals surface area contributed by atoms with Gasteiger partial charge in [-0.25, -0.2) is 0 Å². The predicted octanol–water partition coefficient (Wildman–Crippen LogP) is 16.2. The van der Waals surface area contributed by atoms with Gasteiger partial charge in [-0.1, -0.05) is 151 Å². The molecule has 1 aliphatic heterocycles. The number of nitrogens with zero attached hydrogens (tertiary/aromatic N) is 3. The summed E-state index contributed by atoms with van der Waals surface area (Å²) in [6, 6.07) is 54.8. The minimum absolute atomic E-state index is 0.221. The largest absolute Gasteiger partial charge is 0.334 e. The quantitative estimate of drug-likeness (QED) is 0.136. The molecule has 0 spiro atoms. The first-order valence-electron chi connectivity index (χ1n) is 23.7. The van der Waals surface area contributed by atoms with Crippen molar-refractivity contribution in [2.24, 2.45) is 0 Å². The van der Waals surface area contributed by atoms with E-state index in [0.29, 0.717) is 12.0 Å². The van der Waals surface area contributed by atoms with Crippen LogP contribution in [0, 0.1) is 0 Å². The number of benzene rings is 6. The summed E-state index contributed by atoms with van der Waals surface area (Å²) in [4.78, 5) is 5.08. The van der Waals surface area contributed by atoms with Crippen molar-refractivity contribution in [1.29, 1.82) is 0 Å². The Labute approximate surface area is 383 Å². The van der Waals surface area contributed by atoms with Crippen LogP contribution in [-0.2, 0) is 0 Å². The van der Waals surface area contributed by atoms with Crippen LogP contribution in [0.2, 0.25) is 0 Å². The van der Waals surface area contributed by atoms with E-state index in [9.17, 15) is 0 Å². The van der Waals surface area contributed by atoms with Crippen LogP contribution < -0.4 is 9.80 Å². The molecule has 0 bridgehead atoms. The van der Waals surface area contributed by atoms with Crippen molar-refractivity contribution < 1.29 is 0 Å². The van der Waals surface area contributed by atoms with Crippen molar-refractivity contribution in [2.45, 2.75) is 62.9 Å². The highest BCUT2D eigenvalue weighted by molar-refractivity contribution is 6.10. The number of fused-ring (bicyclic) bond motifs is 6. The van der Waals surface area contributed by atoms with E-state index >= 15 is 0 Å². The van der Waals surface area contributed by atoms with Crippen LogP contribution in [0.5, 0.6) is 0 Å². The van der Waals surface area contributed by atoms with Gasteiger partial charge in [-0.3, -0.25) is 0 Å². The number of rotatable bonds is 10. The third kappa shape index (κ3) is 7.26. The van der Waals surface area contributed by atoms with E-state index in [2.05, 4.69) is 233 Å². The fourth-order valence-corrected chi connectivity index (χ4v) is 11.2. The number of anilines is 4. The molecule has 65 heavy (non-hydrogen) atoms. The average molecular weight is 840 g/mol. The molecule has 3 nitrogen and oxygen atoms in total. The standard InChI is InChI=1S/C62H53N3/c1-5-17-47(18-6-1)56(48-35-39-61-57(42-48)54-25-13-15-27-59(54)64(61)50-21-9-3-10-22-50)41-44-29-31-45(32-30-44)46-33-36-52(37-34-46)63(49-19-7-2-8-20-49)53-38-40-62-58(43-53)55-26-14-16-28-60(55)65(62)51-23-11-4-12-24-51/h2-5,7-19,21-26,28-29,31,33-40,42-43,49,56,59H,1,6,20,27,30,32,41H2. The second-order valence-corrected chi connectivity index (χ2v) is 18.2. The van der Waals surface area contributed by atoms with Crippen LogP contribution in [0.4, 0.5) is 22.7 Å². The molecule has 5 aliphatic rings. The predicted molar refractivity (Wildman–Crippen MR) is 276 cm³/mol. The van der Waals surface area contributed by atoms with Crippen molar-refractivity contribution in [3.8, 4) is 5.69 Å². The zero-order chi connectivity index (χ0) is 43.1. The van der Waals surface area contributed by atoms with Crippen molar-refractivity contribution in [3.05, 3.63) is 246 Å². The zero-order valence-corrected chi connectivity index (χ0v) is 36.8. The minimum atomic E-state index is 0.221. The monoisotopic (exact) mass is 839 g/mol. The SMILES string of the molecule is C1=CCC(N(c2ccc(C3=CC=C(CC(C4=CCCC=C4)c4ccc5c(c4)C4=CC=CCC4N5c4ccccc4)CC3)cc2)c2ccc3c(c2)c2ccccc2n3-c2ccccc2)C=C1. The van der Waals surface area contributed by atoms with E-state index in [4.69, 9.17) is 0 Å². The first-order chi connectivity index (χ1) is 32.2. The van der Waals surface area contributed by atoms with Gasteiger partial charge in [0.15, 0.2) is 0 Å². The van der Waals surface area contributed by atoms with Gasteiger partial charge in [0.1, 0.15) is 0 Å². The van der Waals surface area contributed by atoms with E-state index in [1.165, 1.54) is 89.2 Å². The summed E-state index contributed by atoms with van der Waals surface area (Å²) in [6.07, 6.45) is 35.4. The van der Waals surface area contributed by atoms with Gasteiger partial charge in [-0.2, -0.15) is 0 Å². The lowest BCUT2D eigenvalue weighted by molar-refractivity contribution is 0.744. The molecular formula is C62H53N3. The average Bonchev–Trinajstić information content (AvgIpc) is 3.89. The van der Waals surface area contributed by atoms with Gasteiger partial charge in [0.2, 0.25) is 0 Å². The summed E-state index contributed by atoms with van der Waals surface area (Å²) in [6.45, 7) is 0. The Bertz CT molecular complexity index is 3180. The lowest BCUT2D eigenvalue weighted by atomic mass is 9.80. The van der Waals surface area contributed by atoms with E-state index in [0.717, 1.165) is 44.9 Å². The second-order valence-electron chi connectivity index (χ2n) is 18.2. The van der Waals surface area contributed by atoms with Crippen molar-refractivity contribution in [3.63, 3.8) is 0 Å². The molecule has 0 fully saturated rings. The molecular weight excluding hydrogens is 787 g/mol. The van der Waals surface area contributed by atoms with E-state index in [1.54, 1.807) is 0 Å². The summed E-state index contributed by atoms with van der Waals surface area (Å²) in [7, 11) is 0. The third-order valence-electron chi connectivity index (χ3n) is 14.4. The first-order valence-corrected chi connectivity index (χ1v) is 23.7. The van der Waals surface area contributed by atoms with Crippen LogP contribution in [0.25, 0.3) is 38.6 Å². The fraction of sp³-hybridized carbons (Fsp3) is 0.161. The summed E-state index contributed by atoms with van der Waals surface area (Å²) in [5, 5.41) is 2.54. The number of hydrogen-bond donors (Lipinski definition) is 0. The Morgan fingerprint density at radius 1 is 0.600 bits per heavy atom. The molecule has 3 atom stereocenters. The smallest absolute Gasteiger partial charge is 0.0632 e. The molecule has 0 saturated heterocycles. The molecule has 0 amide bonds. The molecule has 0 saturated carbocycles. The maximum Gasteiger partial charge on any atom is 0.0632 e. The van der Waals surface area contributed by atoms with E-state index < -0.39 is 0 Å². The second kappa shape index (κ2) is 17.0. The highest BCUT2D eigenvalue weighted by Crippen LogP contribution is 2.49. The van der Waals surface area contributed by atoms with Crippen LogP contribution in [-0.4, -0.2) is 16.7 Å². The first kappa shape index (κ1) is 39.2. The highest BCUT2D eigenvalue weighted by atomic mass is 15.2. The van der Waals surface area contributed by atoms with Crippen LogP contribution in [0.3, 0.4) is 0 Å². The van der Waals surface area contributed by atoms with E-state index in [1.807, 2.05) is 0 Å². The van der Waals surface area contributed by atoms with Crippen LogP contribution in [0.15, 0.2) is 230 Å². The summed E-state index contributed by atoms with van der Waals surface area (Å²) in [5.74, 6) is 0.324. The van der Waals surface area contributed by atoms with Gasteiger partial charge < -0.3 is 14.4 Å². The van der Waals surface area contributed by atoms with Gasteiger partial charge in [0.25, 0.3) is 0 Å². The van der Waals surface area contributed by atoms with Gasteiger partial charge >= 0.3 is 0 Å². The Hall–Kier alpha value is -7.36. The Morgan fingerprint density at radius 3 is 2.17 bits per heavy atom.